The molecule has 0 unspecified atom stereocenters. The van der Waals surface area contributed by atoms with Crippen LogP contribution in [-0.2, 0) is 20.7 Å². The fourth-order valence-corrected chi connectivity index (χ4v) is 2.42. The molecule has 0 spiro atoms. The number of carbonyl (C=O) groups is 2. The Balaban J connectivity index is 1.82. The number of ether oxygens (including phenoxy) is 1. The van der Waals surface area contributed by atoms with Crippen molar-refractivity contribution in [2.75, 3.05) is 32.1 Å². The molecule has 6 nitrogen and oxygen atoms in total. The number of rotatable bonds is 8. The highest BCUT2D eigenvalue weighted by Gasteiger charge is 2.13. The number of hydrogen-bond acceptors (Lipinski definition) is 5. The summed E-state index contributed by atoms with van der Waals surface area (Å²) < 4.78 is 4.94. The zero-order chi connectivity index (χ0) is 20.4. The third-order valence-electron chi connectivity index (χ3n) is 3.97. The Hall–Kier alpha value is -3.59. The molecule has 144 valence electrons. The van der Waals surface area contributed by atoms with Gasteiger partial charge in [0, 0.05) is 26.3 Å². The highest BCUT2D eigenvalue weighted by molar-refractivity contribution is 5.98. The maximum Gasteiger partial charge on any atom is 0.349 e. The van der Waals surface area contributed by atoms with Crippen LogP contribution in [0.25, 0.3) is 6.08 Å². The molecule has 2 aromatic rings. The first-order valence-electron chi connectivity index (χ1n) is 8.86. The summed E-state index contributed by atoms with van der Waals surface area (Å²) >= 11 is 0. The summed E-state index contributed by atoms with van der Waals surface area (Å²) in [5.74, 6) is -1.23. The first kappa shape index (κ1) is 20.7. The summed E-state index contributed by atoms with van der Waals surface area (Å²) in [4.78, 5) is 25.8. The molecule has 0 aromatic heterocycles. The monoisotopic (exact) mass is 377 g/mol. The van der Waals surface area contributed by atoms with Gasteiger partial charge in [0.1, 0.15) is 11.6 Å². The van der Waals surface area contributed by atoms with Crippen LogP contribution in [0.1, 0.15) is 11.1 Å². The molecule has 2 rings (SSSR count). The minimum absolute atomic E-state index is 0.158. The van der Waals surface area contributed by atoms with Gasteiger partial charge in [0.15, 0.2) is 6.61 Å². The zero-order valence-electron chi connectivity index (χ0n) is 16.0. The summed E-state index contributed by atoms with van der Waals surface area (Å²) in [6.07, 6.45) is 2.13. The lowest BCUT2D eigenvalue weighted by atomic mass is 10.1. The molecule has 0 aliphatic carbocycles. The normalized spacial score (nSPS) is 10.7. The molecule has 2 aromatic carbocycles. The smallest absolute Gasteiger partial charge is 0.349 e. The molecule has 1 amide bonds. The van der Waals surface area contributed by atoms with Gasteiger partial charge in [0.2, 0.25) is 0 Å². The maximum atomic E-state index is 12.1. The van der Waals surface area contributed by atoms with Gasteiger partial charge in [-0.15, -0.1) is 0 Å². The number of anilines is 1. The van der Waals surface area contributed by atoms with Crippen LogP contribution >= 0.6 is 0 Å². The molecule has 28 heavy (non-hydrogen) atoms. The molecule has 6 heteroatoms. The molecular weight excluding hydrogens is 354 g/mol. The number of nitrogens with zero attached hydrogens (tertiary/aromatic N) is 2. The van der Waals surface area contributed by atoms with E-state index in [-0.39, 0.29) is 5.57 Å². The van der Waals surface area contributed by atoms with Crippen molar-refractivity contribution >= 4 is 23.6 Å². The summed E-state index contributed by atoms with van der Waals surface area (Å²) in [7, 11) is 3.85. The van der Waals surface area contributed by atoms with Gasteiger partial charge < -0.3 is 15.0 Å². The van der Waals surface area contributed by atoms with E-state index in [9.17, 15) is 14.9 Å². The largest absolute Gasteiger partial charge is 0.451 e. The van der Waals surface area contributed by atoms with E-state index in [4.69, 9.17) is 4.74 Å². The van der Waals surface area contributed by atoms with E-state index in [1.165, 1.54) is 6.08 Å². The van der Waals surface area contributed by atoms with Gasteiger partial charge in [-0.1, -0.05) is 42.5 Å². The van der Waals surface area contributed by atoms with Crippen LogP contribution in [0, 0.1) is 11.3 Å². The molecule has 1 N–H and O–H groups in total. The number of hydrogen-bond donors (Lipinski definition) is 1. The number of nitrogens with one attached hydrogen (secondary N) is 1. The average molecular weight is 377 g/mol. The Morgan fingerprint density at radius 1 is 1.11 bits per heavy atom. The number of nitriles is 1. The number of benzene rings is 2. The Kier molecular flexibility index (Phi) is 7.79. The maximum absolute atomic E-state index is 12.1. The van der Waals surface area contributed by atoms with Gasteiger partial charge in [0.25, 0.3) is 5.91 Å². The van der Waals surface area contributed by atoms with Gasteiger partial charge in [-0.2, -0.15) is 5.26 Å². The van der Waals surface area contributed by atoms with Gasteiger partial charge >= 0.3 is 5.97 Å². The summed E-state index contributed by atoms with van der Waals surface area (Å²) in [5.41, 5.74) is 2.65. The highest BCUT2D eigenvalue weighted by Crippen LogP contribution is 2.15. The molecule has 0 atom stereocenters. The molecule has 0 radical (unpaired) electrons. The molecular formula is C22H23N3O3. The van der Waals surface area contributed by atoms with Crippen molar-refractivity contribution in [2.45, 2.75) is 6.42 Å². The summed E-state index contributed by atoms with van der Waals surface area (Å²) in [6, 6.07) is 18.9. The van der Waals surface area contributed by atoms with Crippen LogP contribution in [-0.4, -0.2) is 39.1 Å². The Labute approximate surface area is 165 Å². The number of amides is 1. The van der Waals surface area contributed by atoms with E-state index >= 15 is 0 Å². The first-order valence-corrected chi connectivity index (χ1v) is 8.86. The quantitative estimate of drug-likeness (QED) is 0.434. The lowest BCUT2D eigenvalue weighted by Crippen LogP contribution is -2.30. The van der Waals surface area contributed by atoms with Gasteiger partial charge in [-0.3, -0.25) is 4.79 Å². The van der Waals surface area contributed by atoms with Crippen LogP contribution < -0.4 is 10.2 Å². The lowest BCUT2D eigenvalue weighted by molar-refractivity contribution is -0.144. The second kappa shape index (κ2) is 10.5. The van der Waals surface area contributed by atoms with Crippen molar-refractivity contribution < 1.29 is 14.3 Å². The van der Waals surface area contributed by atoms with Crippen LogP contribution in [0.4, 0.5) is 5.69 Å². The van der Waals surface area contributed by atoms with Crippen molar-refractivity contribution in [1.29, 1.82) is 5.26 Å². The fraction of sp³-hybridized carbons (Fsp3) is 0.227. The van der Waals surface area contributed by atoms with E-state index in [0.717, 1.165) is 11.3 Å². The second-order valence-corrected chi connectivity index (χ2v) is 6.32. The average Bonchev–Trinajstić information content (AvgIpc) is 2.71. The van der Waals surface area contributed by atoms with Gasteiger partial charge in [-0.25, -0.2) is 4.79 Å². The minimum Gasteiger partial charge on any atom is -0.451 e. The van der Waals surface area contributed by atoms with Crippen LogP contribution in [0.2, 0.25) is 0 Å². The van der Waals surface area contributed by atoms with Crippen LogP contribution in [0.3, 0.4) is 0 Å². The van der Waals surface area contributed by atoms with Crippen molar-refractivity contribution in [3.63, 3.8) is 0 Å². The Bertz CT molecular complexity index is 866. The van der Waals surface area contributed by atoms with E-state index in [1.807, 2.05) is 67.5 Å². The molecule has 0 heterocycles. The third-order valence-corrected chi connectivity index (χ3v) is 3.97. The highest BCUT2D eigenvalue weighted by atomic mass is 16.5. The van der Waals surface area contributed by atoms with E-state index in [0.29, 0.717) is 18.5 Å². The standard InChI is InChI=1S/C22H23N3O3/c1-25(2)20-10-8-18(9-11-20)14-19(15-23)22(27)28-16-21(26)24-13-12-17-6-4-3-5-7-17/h3-11,14H,12-13,16H2,1-2H3,(H,24,26)/b19-14+. The van der Waals surface area contributed by atoms with Crippen molar-refractivity contribution in [3.05, 3.63) is 71.3 Å². The van der Waals surface area contributed by atoms with Crippen molar-refractivity contribution in [3.8, 4) is 6.07 Å². The van der Waals surface area contributed by atoms with Gasteiger partial charge in [0.05, 0.1) is 0 Å². The molecule has 0 aliphatic heterocycles. The summed E-state index contributed by atoms with van der Waals surface area (Å²) in [5, 5.41) is 11.9. The Morgan fingerprint density at radius 3 is 2.39 bits per heavy atom. The molecule has 0 fully saturated rings. The minimum atomic E-state index is -0.822. The van der Waals surface area contributed by atoms with Crippen molar-refractivity contribution in [1.82, 2.24) is 5.32 Å². The predicted octanol–water partition coefficient (Wildman–Crippen LogP) is 2.56. The third kappa shape index (κ3) is 6.61. The number of carbonyl (C=O) groups excluding carboxylic acids is 2. The lowest BCUT2D eigenvalue weighted by Gasteiger charge is -2.11. The zero-order valence-corrected chi connectivity index (χ0v) is 16.0. The van der Waals surface area contributed by atoms with Crippen LogP contribution in [0.5, 0.6) is 0 Å². The van der Waals surface area contributed by atoms with Crippen LogP contribution in [0.15, 0.2) is 60.2 Å². The number of esters is 1. The first-order chi connectivity index (χ1) is 13.5. The topological polar surface area (TPSA) is 82.4 Å². The molecule has 0 saturated carbocycles. The van der Waals surface area contributed by atoms with Gasteiger partial charge in [-0.05, 0) is 35.8 Å². The molecule has 0 saturated heterocycles. The second-order valence-electron chi connectivity index (χ2n) is 6.32. The molecule has 0 bridgehead atoms. The van der Waals surface area contributed by atoms with Crippen molar-refractivity contribution in [2.24, 2.45) is 0 Å². The predicted molar refractivity (Wildman–Crippen MR) is 108 cm³/mol. The Morgan fingerprint density at radius 2 is 1.79 bits per heavy atom. The summed E-state index contributed by atoms with van der Waals surface area (Å²) in [6.45, 7) is 0.0196. The SMILES string of the molecule is CN(C)c1ccc(/C=C(\C#N)C(=O)OCC(=O)NCCc2ccccc2)cc1. The molecule has 0 aliphatic rings. The fourth-order valence-electron chi connectivity index (χ4n) is 2.42. The van der Waals surface area contributed by atoms with E-state index < -0.39 is 18.5 Å². The van der Waals surface area contributed by atoms with E-state index in [2.05, 4.69) is 5.32 Å². The van der Waals surface area contributed by atoms with E-state index in [1.54, 1.807) is 12.1 Å².